The number of aliphatic hydroxyl groups is 1. The zero-order valence-corrected chi connectivity index (χ0v) is 9.18. The normalized spacial score (nSPS) is 12.9. The van der Waals surface area contributed by atoms with Gasteiger partial charge in [-0.2, -0.15) is 0 Å². The molecule has 1 rings (SSSR count). The molecule has 1 unspecified atom stereocenters. The molecule has 84 valence electrons. The lowest BCUT2D eigenvalue weighted by Gasteiger charge is -2.10. The monoisotopic (exact) mass is 210 g/mol. The maximum atomic E-state index is 9.41. The second-order valence-corrected chi connectivity index (χ2v) is 3.88. The third-order valence-corrected chi connectivity index (χ3v) is 1.91. The van der Waals surface area contributed by atoms with Crippen LogP contribution in [0.4, 0.5) is 0 Å². The molecule has 4 heteroatoms. The molecule has 0 fully saturated rings. The van der Waals surface area contributed by atoms with Crippen molar-refractivity contribution < 1.29 is 9.84 Å². The van der Waals surface area contributed by atoms with Gasteiger partial charge >= 0.3 is 0 Å². The van der Waals surface area contributed by atoms with E-state index in [9.17, 15) is 5.11 Å². The van der Waals surface area contributed by atoms with Crippen molar-refractivity contribution in [3.63, 3.8) is 0 Å². The van der Waals surface area contributed by atoms with E-state index in [0.29, 0.717) is 18.2 Å². The number of hydrogen-bond donors (Lipinski definition) is 2. The van der Waals surface area contributed by atoms with E-state index in [1.54, 1.807) is 18.3 Å². The van der Waals surface area contributed by atoms with E-state index < -0.39 is 6.10 Å². The van der Waals surface area contributed by atoms with Gasteiger partial charge in [-0.25, -0.2) is 0 Å². The summed E-state index contributed by atoms with van der Waals surface area (Å²) in [7, 11) is 0. The zero-order valence-electron chi connectivity index (χ0n) is 9.18. The van der Waals surface area contributed by atoms with Crippen LogP contribution in [0.15, 0.2) is 18.3 Å². The Balaban J connectivity index is 2.56. The fraction of sp³-hybridized carbons (Fsp3) is 0.545. The lowest BCUT2D eigenvalue weighted by molar-refractivity contribution is 0.181. The summed E-state index contributed by atoms with van der Waals surface area (Å²) in [5, 5.41) is 9.41. The summed E-state index contributed by atoms with van der Waals surface area (Å²) < 4.78 is 5.46. The standard InChI is InChI=1S/C11H18N2O2/c1-8(2)7-15-9-3-4-10(13-6-9)11(14)5-12/h3-4,6,8,11,14H,5,7,12H2,1-2H3. The second-order valence-electron chi connectivity index (χ2n) is 3.88. The molecule has 1 heterocycles. The predicted octanol–water partition coefficient (Wildman–Crippen LogP) is 1.11. The molecule has 1 aromatic rings. The van der Waals surface area contributed by atoms with E-state index in [-0.39, 0.29) is 6.54 Å². The van der Waals surface area contributed by atoms with Crippen LogP contribution in [0.2, 0.25) is 0 Å². The SMILES string of the molecule is CC(C)COc1ccc(C(O)CN)nc1. The fourth-order valence-electron chi connectivity index (χ4n) is 1.06. The van der Waals surface area contributed by atoms with Crippen molar-refractivity contribution in [2.45, 2.75) is 20.0 Å². The van der Waals surface area contributed by atoms with E-state index in [1.165, 1.54) is 0 Å². The first-order valence-electron chi connectivity index (χ1n) is 5.10. The summed E-state index contributed by atoms with van der Waals surface area (Å²) in [5.41, 5.74) is 5.90. The first-order valence-corrected chi connectivity index (χ1v) is 5.10. The minimum absolute atomic E-state index is 0.180. The molecule has 0 radical (unpaired) electrons. The van der Waals surface area contributed by atoms with Crippen LogP contribution < -0.4 is 10.5 Å². The Labute approximate surface area is 90.1 Å². The zero-order chi connectivity index (χ0) is 11.3. The number of pyridine rings is 1. The van der Waals surface area contributed by atoms with Crippen LogP contribution in [-0.2, 0) is 0 Å². The van der Waals surface area contributed by atoms with Crippen molar-refractivity contribution in [2.24, 2.45) is 11.7 Å². The number of aromatic nitrogens is 1. The maximum absolute atomic E-state index is 9.41. The first-order chi connectivity index (χ1) is 7.13. The van der Waals surface area contributed by atoms with Gasteiger partial charge in [0.25, 0.3) is 0 Å². The minimum Gasteiger partial charge on any atom is -0.492 e. The Hall–Kier alpha value is -1.13. The van der Waals surface area contributed by atoms with Crippen molar-refractivity contribution >= 4 is 0 Å². The van der Waals surface area contributed by atoms with Crippen molar-refractivity contribution in [3.05, 3.63) is 24.0 Å². The van der Waals surface area contributed by atoms with Gasteiger partial charge in [-0.05, 0) is 18.1 Å². The van der Waals surface area contributed by atoms with E-state index in [2.05, 4.69) is 18.8 Å². The summed E-state index contributed by atoms with van der Waals surface area (Å²) in [4.78, 5) is 4.07. The van der Waals surface area contributed by atoms with Gasteiger partial charge in [0.15, 0.2) is 0 Å². The molecule has 3 N–H and O–H groups in total. The summed E-state index contributed by atoms with van der Waals surface area (Å²) in [6.07, 6.45) is 0.917. The molecular weight excluding hydrogens is 192 g/mol. The molecule has 0 aromatic carbocycles. The molecule has 0 aliphatic carbocycles. The Kier molecular flexibility index (Phi) is 4.52. The topological polar surface area (TPSA) is 68.4 Å². The lowest BCUT2D eigenvalue weighted by Crippen LogP contribution is -2.13. The van der Waals surface area contributed by atoms with Crippen molar-refractivity contribution in [2.75, 3.05) is 13.2 Å². The fourth-order valence-corrected chi connectivity index (χ4v) is 1.06. The molecule has 4 nitrogen and oxygen atoms in total. The van der Waals surface area contributed by atoms with Crippen LogP contribution in [-0.4, -0.2) is 23.2 Å². The van der Waals surface area contributed by atoms with Gasteiger partial charge in [0.2, 0.25) is 0 Å². The third kappa shape index (κ3) is 3.85. The summed E-state index contributed by atoms with van der Waals surface area (Å²) >= 11 is 0. The maximum Gasteiger partial charge on any atom is 0.137 e. The number of aliphatic hydroxyl groups excluding tert-OH is 1. The molecule has 0 saturated carbocycles. The van der Waals surface area contributed by atoms with E-state index in [0.717, 1.165) is 5.75 Å². The summed E-state index contributed by atoms with van der Waals surface area (Å²) in [6.45, 7) is 5.01. The lowest BCUT2D eigenvalue weighted by atomic mass is 10.2. The Morgan fingerprint density at radius 1 is 1.47 bits per heavy atom. The Morgan fingerprint density at radius 3 is 2.67 bits per heavy atom. The van der Waals surface area contributed by atoms with Gasteiger partial charge in [-0.3, -0.25) is 4.98 Å². The van der Waals surface area contributed by atoms with Crippen molar-refractivity contribution in [1.29, 1.82) is 0 Å². The summed E-state index contributed by atoms with van der Waals surface area (Å²) in [6, 6.07) is 3.52. The van der Waals surface area contributed by atoms with Crippen LogP contribution in [0.1, 0.15) is 25.6 Å². The van der Waals surface area contributed by atoms with Crippen LogP contribution in [0.3, 0.4) is 0 Å². The molecule has 1 atom stereocenters. The number of nitrogens with zero attached hydrogens (tertiary/aromatic N) is 1. The highest BCUT2D eigenvalue weighted by molar-refractivity contribution is 5.21. The molecule has 0 amide bonds. The van der Waals surface area contributed by atoms with Crippen LogP contribution in [0, 0.1) is 5.92 Å². The van der Waals surface area contributed by atoms with E-state index >= 15 is 0 Å². The van der Waals surface area contributed by atoms with Crippen LogP contribution in [0.25, 0.3) is 0 Å². The van der Waals surface area contributed by atoms with Crippen LogP contribution >= 0.6 is 0 Å². The number of hydrogen-bond acceptors (Lipinski definition) is 4. The van der Waals surface area contributed by atoms with Crippen molar-refractivity contribution in [3.8, 4) is 5.75 Å². The molecule has 0 saturated heterocycles. The molecule has 0 bridgehead atoms. The summed E-state index contributed by atoms with van der Waals surface area (Å²) in [5.74, 6) is 1.20. The number of ether oxygens (including phenoxy) is 1. The largest absolute Gasteiger partial charge is 0.492 e. The third-order valence-electron chi connectivity index (χ3n) is 1.91. The predicted molar refractivity (Wildman–Crippen MR) is 58.6 cm³/mol. The van der Waals surface area contributed by atoms with Gasteiger partial charge < -0.3 is 15.6 Å². The highest BCUT2D eigenvalue weighted by Crippen LogP contribution is 2.14. The molecular formula is C11H18N2O2. The highest BCUT2D eigenvalue weighted by atomic mass is 16.5. The van der Waals surface area contributed by atoms with E-state index in [1.807, 2.05) is 0 Å². The van der Waals surface area contributed by atoms with E-state index in [4.69, 9.17) is 10.5 Å². The quantitative estimate of drug-likeness (QED) is 0.764. The Bertz CT molecular complexity index is 285. The van der Waals surface area contributed by atoms with Gasteiger partial charge in [0.1, 0.15) is 11.9 Å². The molecule has 1 aromatic heterocycles. The van der Waals surface area contributed by atoms with Gasteiger partial charge in [0.05, 0.1) is 18.5 Å². The van der Waals surface area contributed by atoms with Gasteiger partial charge in [0, 0.05) is 6.54 Å². The average molecular weight is 210 g/mol. The number of rotatable bonds is 5. The molecule has 0 aliphatic rings. The smallest absolute Gasteiger partial charge is 0.137 e. The van der Waals surface area contributed by atoms with Gasteiger partial charge in [-0.15, -0.1) is 0 Å². The van der Waals surface area contributed by atoms with Crippen LogP contribution in [0.5, 0.6) is 5.75 Å². The van der Waals surface area contributed by atoms with Crippen molar-refractivity contribution in [1.82, 2.24) is 4.98 Å². The average Bonchev–Trinajstić information content (AvgIpc) is 2.26. The number of nitrogens with two attached hydrogens (primary N) is 1. The minimum atomic E-state index is -0.691. The molecule has 0 spiro atoms. The Morgan fingerprint density at radius 2 is 2.20 bits per heavy atom. The molecule has 0 aliphatic heterocycles. The second kappa shape index (κ2) is 5.68. The highest BCUT2D eigenvalue weighted by Gasteiger charge is 2.06. The first kappa shape index (κ1) is 11.9. The van der Waals surface area contributed by atoms with Gasteiger partial charge in [-0.1, -0.05) is 13.8 Å². The molecule has 15 heavy (non-hydrogen) atoms.